The lowest BCUT2D eigenvalue weighted by Crippen LogP contribution is -2.14. The molecule has 2 aromatic heterocycles. The third kappa shape index (κ3) is 3.01. The molecule has 1 amide bonds. The number of amides is 1. The van der Waals surface area contributed by atoms with Gasteiger partial charge in [-0.2, -0.15) is 9.61 Å². The maximum Gasteiger partial charge on any atom is 0.256 e. The Morgan fingerprint density at radius 1 is 1.12 bits per heavy atom. The lowest BCUT2D eigenvalue weighted by atomic mass is 10.1. The van der Waals surface area contributed by atoms with Gasteiger partial charge >= 0.3 is 0 Å². The van der Waals surface area contributed by atoms with Gasteiger partial charge in [0, 0.05) is 16.1 Å². The fourth-order valence-electron chi connectivity index (χ4n) is 2.50. The van der Waals surface area contributed by atoms with Crippen LogP contribution in [0.3, 0.4) is 0 Å². The summed E-state index contributed by atoms with van der Waals surface area (Å²) in [7, 11) is 0. The van der Waals surface area contributed by atoms with Crippen molar-refractivity contribution in [2.45, 2.75) is 6.92 Å². The van der Waals surface area contributed by atoms with Crippen LogP contribution in [0.25, 0.3) is 16.2 Å². The molecule has 4 rings (SSSR count). The summed E-state index contributed by atoms with van der Waals surface area (Å²) in [4.78, 5) is 17.9. The van der Waals surface area contributed by atoms with Crippen molar-refractivity contribution in [1.82, 2.24) is 14.6 Å². The second-order valence-corrected chi connectivity index (χ2v) is 6.82. The topological polar surface area (TPSA) is 59.3 Å². The molecule has 0 bridgehead atoms. The molecule has 4 aromatic rings. The molecule has 7 heteroatoms. The number of benzene rings is 2. The Hall–Kier alpha value is -2.70. The molecule has 0 saturated carbocycles. The molecule has 0 spiro atoms. The smallest absolute Gasteiger partial charge is 0.256 e. The monoisotopic (exact) mass is 368 g/mol. The summed E-state index contributed by atoms with van der Waals surface area (Å²) in [5.41, 5.74) is 4.99. The van der Waals surface area contributed by atoms with Crippen LogP contribution >= 0.6 is 22.9 Å². The maximum absolute atomic E-state index is 12.6. The van der Waals surface area contributed by atoms with Gasteiger partial charge in [-0.1, -0.05) is 52.8 Å². The summed E-state index contributed by atoms with van der Waals surface area (Å²) in [6.07, 6.45) is 0. The van der Waals surface area contributed by atoms with E-state index in [0.29, 0.717) is 22.1 Å². The van der Waals surface area contributed by atoms with Gasteiger partial charge in [-0.3, -0.25) is 4.79 Å². The Labute approximate surface area is 152 Å². The standard InChI is InChI=1S/C18H13ClN4OS/c1-11-2-4-12(5-3-11)15-16(23-18(21-15)25-10-20-23)22-17(24)13-6-8-14(19)9-7-13/h2-10H,1H3,(H,22,24). The number of anilines is 1. The van der Waals surface area contributed by atoms with Crippen LogP contribution in [-0.2, 0) is 0 Å². The van der Waals surface area contributed by atoms with Crippen molar-refractivity contribution in [3.8, 4) is 11.3 Å². The summed E-state index contributed by atoms with van der Waals surface area (Å²) in [5, 5.41) is 7.80. The lowest BCUT2D eigenvalue weighted by molar-refractivity contribution is 0.102. The molecule has 0 aliphatic rings. The van der Waals surface area contributed by atoms with Crippen molar-refractivity contribution >= 4 is 39.6 Å². The normalized spacial score (nSPS) is 11.0. The van der Waals surface area contributed by atoms with Crippen molar-refractivity contribution < 1.29 is 4.79 Å². The number of halogens is 1. The minimum Gasteiger partial charge on any atom is -0.305 e. The molecule has 0 fully saturated rings. The average molecular weight is 369 g/mol. The summed E-state index contributed by atoms with van der Waals surface area (Å²) in [6.45, 7) is 2.03. The number of carbonyl (C=O) groups excluding carboxylic acids is 1. The molecule has 0 atom stereocenters. The first-order valence-corrected chi connectivity index (χ1v) is 8.84. The maximum atomic E-state index is 12.6. The van der Waals surface area contributed by atoms with Crippen molar-refractivity contribution in [2.24, 2.45) is 0 Å². The molecule has 0 aliphatic heterocycles. The minimum absolute atomic E-state index is 0.236. The average Bonchev–Trinajstić information content (AvgIpc) is 3.19. The molecular formula is C18H13ClN4OS. The highest BCUT2D eigenvalue weighted by molar-refractivity contribution is 7.14. The Morgan fingerprint density at radius 3 is 2.56 bits per heavy atom. The predicted molar refractivity (Wildman–Crippen MR) is 100 cm³/mol. The molecule has 2 aromatic carbocycles. The third-order valence-electron chi connectivity index (χ3n) is 3.81. The number of fused-ring (bicyclic) bond motifs is 1. The van der Waals surface area contributed by atoms with Crippen LogP contribution in [0.2, 0.25) is 5.02 Å². The van der Waals surface area contributed by atoms with Crippen molar-refractivity contribution in [3.05, 3.63) is 70.2 Å². The van der Waals surface area contributed by atoms with E-state index in [1.807, 2.05) is 31.2 Å². The first-order valence-electron chi connectivity index (χ1n) is 7.58. The number of hydrogen-bond donors (Lipinski definition) is 1. The van der Waals surface area contributed by atoms with Crippen LogP contribution in [0.5, 0.6) is 0 Å². The second-order valence-electron chi connectivity index (χ2n) is 5.57. The molecule has 124 valence electrons. The van der Waals surface area contributed by atoms with Crippen LogP contribution in [0.15, 0.2) is 54.0 Å². The lowest BCUT2D eigenvalue weighted by Gasteiger charge is -2.07. The van der Waals surface area contributed by atoms with Gasteiger partial charge in [-0.05, 0) is 31.2 Å². The predicted octanol–water partition coefficient (Wildman–Crippen LogP) is 4.67. The quantitative estimate of drug-likeness (QED) is 0.571. The summed E-state index contributed by atoms with van der Waals surface area (Å²) < 4.78 is 1.65. The number of nitrogens with one attached hydrogen (secondary N) is 1. The zero-order valence-corrected chi connectivity index (χ0v) is 14.8. The first-order chi connectivity index (χ1) is 12.1. The number of rotatable bonds is 3. The number of hydrogen-bond acceptors (Lipinski definition) is 4. The fraction of sp³-hybridized carbons (Fsp3) is 0.0556. The van der Waals surface area contributed by atoms with Crippen molar-refractivity contribution in [1.29, 1.82) is 0 Å². The summed E-state index contributed by atoms with van der Waals surface area (Å²) in [6, 6.07) is 14.7. The van der Waals surface area contributed by atoms with Gasteiger partial charge in [0.05, 0.1) is 0 Å². The number of carbonyl (C=O) groups is 1. The van der Waals surface area contributed by atoms with Gasteiger partial charge in [0.25, 0.3) is 5.91 Å². The van der Waals surface area contributed by atoms with E-state index in [1.165, 1.54) is 11.3 Å². The Kier molecular flexibility index (Phi) is 3.99. The van der Waals surface area contributed by atoms with Crippen LogP contribution in [0.1, 0.15) is 15.9 Å². The Morgan fingerprint density at radius 2 is 1.84 bits per heavy atom. The van der Waals surface area contributed by atoms with Crippen LogP contribution in [0, 0.1) is 6.92 Å². The Balaban J connectivity index is 1.76. The summed E-state index contributed by atoms with van der Waals surface area (Å²) >= 11 is 7.30. The SMILES string of the molecule is Cc1ccc(-c2nc3scnn3c2NC(=O)c2ccc(Cl)cc2)cc1. The van der Waals surface area contributed by atoms with E-state index in [0.717, 1.165) is 16.1 Å². The van der Waals surface area contributed by atoms with Crippen molar-refractivity contribution in [3.63, 3.8) is 0 Å². The number of aromatic nitrogens is 3. The number of imidazole rings is 1. The number of nitrogens with zero attached hydrogens (tertiary/aromatic N) is 3. The molecule has 0 radical (unpaired) electrons. The van der Waals surface area contributed by atoms with Crippen molar-refractivity contribution in [2.75, 3.05) is 5.32 Å². The van der Waals surface area contributed by atoms with E-state index in [1.54, 1.807) is 34.3 Å². The Bertz CT molecular complexity index is 1050. The highest BCUT2D eigenvalue weighted by Crippen LogP contribution is 2.30. The minimum atomic E-state index is -0.236. The van der Waals surface area contributed by atoms with Gasteiger partial charge in [-0.15, -0.1) is 0 Å². The van der Waals surface area contributed by atoms with Gasteiger partial charge in [0.2, 0.25) is 4.96 Å². The molecule has 25 heavy (non-hydrogen) atoms. The van der Waals surface area contributed by atoms with Gasteiger partial charge in [0.15, 0.2) is 5.82 Å². The van der Waals surface area contributed by atoms with E-state index < -0.39 is 0 Å². The van der Waals surface area contributed by atoms with Gasteiger partial charge < -0.3 is 5.32 Å². The molecule has 0 unspecified atom stereocenters. The largest absolute Gasteiger partial charge is 0.305 e. The fourth-order valence-corrected chi connectivity index (χ4v) is 3.24. The van der Waals surface area contributed by atoms with E-state index in [4.69, 9.17) is 11.6 Å². The number of aryl methyl sites for hydroxylation is 1. The van der Waals surface area contributed by atoms with E-state index in [2.05, 4.69) is 15.4 Å². The zero-order chi connectivity index (χ0) is 17.4. The van der Waals surface area contributed by atoms with E-state index >= 15 is 0 Å². The molecule has 0 aliphatic carbocycles. The highest BCUT2D eigenvalue weighted by atomic mass is 35.5. The molecule has 0 saturated heterocycles. The third-order valence-corrected chi connectivity index (χ3v) is 4.74. The molecular weight excluding hydrogens is 356 g/mol. The van der Waals surface area contributed by atoms with Crippen LogP contribution < -0.4 is 5.32 Å². The van der Waals surface area contributed by atoms with Gasteiger partial charge in [-0.25, -0.2) is 4.98 Å². The van der Waals surface area contributed by atoms with E-state index in [9.17, 15) is 4.79 Å². The summed E-state index contributed by atoms with van der Waals surface area (Å²) in [5.74, 6) is 0.319. The highest BCUT2D eigenvalue weighted by Gasteiger charge is 2.19. The van der Waals surface area contributed by atoms with Crippen LogP contribution in [0.4, 0.5) is 5.82 Å². The van der Waals surface area contributed by atoms with E-state index in [-0.39, 0.29) is 5.91 Å². The molecule has 2 heterocycles. The molecule has 1 N–H and O–H groups in total. The molecule has 5 nitrogen and oxygen atoms in total. The zero-order valence-electron chi connectivity index (χ0n) is 13.2. The van der Waals surface area contributed by atoms with Gasteiger partial charge in [0.1, 0.15) is 11.2 Å². The second kappa shape index (κ2) is 6.31. The van der Waals surface area contributed by atoms with Crippen LogP contribution in [-0.4, -0.2) is 20.5 Å². The first kappa shape index (κ1) is 15.8.